The van der Waals surface area contributed by atoms with Crippen LogP contribution in [0.15, 0.2) is 42.6 Å². The Kier molecular flexibility index (Phi) is 15.4. The van der Waals surface area contributed by atoms with E-state index in [9.17, 15) is 18.3 Å². The van der Waals surface area contributed by atoms with Crippen LogP contribution in [0.2, 0.25) is 0 Å². The van der Waals surface area contributed by atoms with E-state index < -0.39 is 17.4 Å². The van der Waals surface area contributed by atoms with Crippen LogP contribution in [0, 0.1) is 5.92 Å². The summed E-state index contributed by atoms with van der Waals surface area (Å²) in [5.41, 5.74) is 6.83. The summed E-state index contributed by atoms with van der Waals surface area (Å²) >= 11 is 3.92. The van der Waals surface area contributed by atoms with Gasteiger partial charge in [0, 0.05) is 29.6 Å². The van der Waals surface area contributed by atoms with Gasteiger partial charge in [0.1, 0.15) is 5.82 Å². The number of rotatable bonds is 4. The average molecular weight is 715 g/mol. The Hall–Kier alpha value is -1.06. The van der Waals surface area contributed by atoms with Crippen LogP contribution in [0.1, 0.15) is 71.3 Å². The molecular formula is C25H37F3IN4OSb. The summed E-state index contributed by atoms with van der Waals surface area (Å²) in [5, 5.41) is 13.9. The van der Waals surface area contributed by atoms with Gasteiger partial charge in [0.05, 0.1) is 11.3 Å². The number of nitrogen functional groups attached to an aromatic ring is 1. The number of allylic oxidation sites excluding steroid dienone is 3. The van der Waals surface area contributed by atoms with E-state index in [4.69, 9.17) is 5.73 Å². The van der Waals surface area contributed by atoms with Gasteiger partial charge >= 0.3 is 43.7 Å². The fourth-order valence-electron chi connectivity index (χ4n) is 3.13. The first kappa shape index (κ1) is 33.9. The number of hydrogen-bond donors (Lipinski definition) is 2. The molecule has 35 heavy (non-hydrogen) atoms. The minimum absolute atomic E-state index is 0.0361. The molecule has 0 atom stereocenters. The first-order valence-corrected chi connectivity index (χ1v) is 18.9. The van der Waals surface area contributed by atoms with Gasteiger partial charge in [0.25, 0.3) is 0 Å². The van der Waals surface area contributed by atoms with Gasteiger partial charge in [-0.3, -0.25) is 4.68 Å². The predicted octanol–water partition coefficient (Wildman–Crippen LogP) is 6.80. The monoisotopic (exact) mass is 714 g/mol. The van der Waals surface area contributed by atoms with Gasteiger partial charge in [0.2, 0.25) is 0 Å². The summed E-state index contributed by atoms with van der Waals surface area (Å²) in [5.74, 6) is 0.434. The van der Waals surface area contributed by atoms with Crippen LogP contribution >= 0.6 is 18.5 Å². The Morgan fingerprint density at radius 1 is 1.23 bits per heavy atom. The molecule has 5 nitrogen and oxygen atoms in total. The molecule has 0 aliphatic carbocycles. The molecule has 1 aliphatic rings. The molecule has 0 amide bonds. The zero-order valence-electron chi connectivity index (χ0n) is 21.3. The number of aryl methyl sites for hydroxylation is 2. The summed E-state index contributed by atoms with van der Waals surface area (Å²) in [7, 11) is 0. The van der Waals surface area contributed by atoms with E-state index in [0.717, 1.165) is 43.1 Å². The van der Waals surface area contributed by atoms with Gasteiger partial charge in [0.15, 0.2) is 0 Å². The molecule has 3 N–H and O–H groups in total. The number of fused-ring (bicyclic) bond motifs is 1. The number of pyridine rings is 1. The fraction of sp³-hybridized carbons (Fsp3) is 0.520. The summed E-state index contributed by atoms with van der Waals surface area (Å²) in [4.78, 5) is 3.86. The van der Waals surface area contributed by atoms with Crippen molar-refractivity contribution in [2.45, 2.75) is 79.1 Å². The zero-order valence-corrected chi connectivity index (χ0v) is 26.0. The SMILES string of the molecule is C=C(/C=C(/c1cc2n(n1)CCCC2)C(C)C)C(F)(F)F.CC.CC(C)(O)c1ccc(N)nc1.[Sb][I]. The molecule has 2 aromatic heterocycles. The first-order valence-electron chi connectivity index (χ1n) is 11.4. The van der Waals surface area contributed by atoms with Crippen LogP contribution in [0.5, 0.6) is 0 Å². The van der Waals surface area contributed by atoms with Crippen molar-refractivity contribution in [3.63, 3.8) is 0 Å². The van der Waals surface area contributed by atoms with E-state index in [1.807, 2.05) is 38.4 Å². The third-order valence-electron chi connectivity index (χ3n) is 5.02. The summed E-state index contributed by atoms with van der Waals surface area (Å²) in [6, 6.07) is 5.35. The van der Waals surface area contributed by atoms with Crippen molar-refractivity contribution < 1.29 is 18.3 Å². The molecule has 2 aromatic rings. The maximum atomic E-state index is 12.6. The van der Waals surface area contributed by atoms with Crippen molar-refractivity contribution in [2.24, 2.45) is 5.92 Å². The number of aliphatic hydroxyl groups is 1. The fourth-order valence-corrected chi connectivity index (χ4v) is 3.13. The van der Waals surface area contributed by atoms with E-state index in [1.54, 1.807) is 51.2 Å². The predicted molar refractivity (Wildman–Crippen MR) is 148 cm³/mol. The normalized spacial score (nSPS) is 13.3. The van der Waals surface area contributed by atoms with Crippen molar-refractivity contribution >= 4 is 48.9 Å². The van der Waals surface area contributed by atoms with E-state index in [2.05, 4.69) is 35.2 Å². The number of nitrogens with zero attached hydrogens (tertiary/aromatic N) is 3. The second-order valence-corrected chi connectivity index (χ2v) is 8.51. The second kappa shape index (κ2) is 15.9. The van der Waals surface area contributed by atoms with Crippen LogP contribution in [-0.4, -0.2) is 45.1 Å². The maximum absolute atomic E-state index is 12.6. The van der Waals surface area contributed by atoms with Crippen LogP contribution in [-0.2, 0) is 18.6 Å². The number of alkyl halides is 3. The van der Waals surface area contributed by atoms with E-state index in [0.29, 0.717) is 17.1 Å². The molecule has 10 heteroatoms. The van der Waals surface area contributed by atoms with Crippen LogP contribution < -0.4 is 5.73 Å². The standard InChI is InChI=1S/C15H19F3N2.C8H12N2O.C2H6.HI.Sb/c1-10(2)13(8-11(3)15(16,17)18)14-9-12-6-4-5-7-20(12)19-14;1-8(2,11)6-3-4-7(9)10-5-6;1-2;;/h8-10H,3-7H2,1-2H3;3-5,11H,1-2H3,(H2,9,10);1-2H3;1H;/q;;;;+1/p-1/b13-8+;;;;. The zero-order chi connectivity index (χ0) is 27.4. The van der Waals surface area contributed by atoms with Crippen molar-refractivity contribution in [3.8, 4) is 0 Å². The van der Waals surface area contributed by atoms with Crippen molar-refractivity contribution in [1.29, 1.82) is 0 Å². The molecule has 3 heterocycles. The molecule has 3 rings (SSSR count). The molecule has 0 saturated carbocycles. The topological polar surface area (TPSA) is 77.0 Å². The first-order chi connectivity index (χ1) is 16.3. The van der Waals surface area contributed by atoms with E-state index in [1.165, 1.54) is 0 Å². The average Bonchev–Trinajstić information content (AvgIpc) is 3.23. The summed E-state index contributed by atoms with van der Waals surface area (Å²) in [6.07, 6.45) is 1.44. The molecule has 0 unspecified atom stereocenters. The van der Waals surface area contributed by atoms with Gasteiger partial charge in [-0.25, -0.2) is 4.98 Å². The Labute approximate surface area is 231 Å². The second-order valence-electron chi connectivity index (χ2n) is 8.51. The van der Waals surface area contributed by atoms with Crippen molar-refractivity contribution in [3.05, 3.63) is 59.6 Å². The van der Waals surface area contributed by atoms with Gasteiger partial charge < -0.3 is 10.8 Å². The van der Waals surface area contributed by atoms with Gasteiger partial charge in [-0.05, 0) is 62.8 Å². The number of halogens is 4. The molecule has 1 aliphatic heterocycles. The summed E-state index contributed by atoms with van der Waals surface area (Å²) < 4.78 is 39.8. The number of hydrogen-bond acceptors (Lipinski definition) is 4. The molecule has 2 radical (unpaired) electrons. The van der Waals surface area contributed by atoms with Crippen LogP contribution in [0.3, 0.4) is 0 Å². The van der Waals surface area contributed by atoms with Gasteiger partial charge in [-0.15, -0.1) is 0 Å². The van der Waals surface area contributed by atoms with E-state index in [-0.39, 0.29) is 5.92 Å². The minimum atomic E-state index is -4.39. The summed E-state index contributed by atoms with van der Waals surface area (Å²) in [6.45, 7) is 15.1. The van der Waals surface area contributed by atoms with Gasteiger partial charge in [-0.2, -0.15) is 18.3 Å². The Morgan fingerprint density at radius 3 is 2.26 bits per heavy atom. The Balaban J connectivity index is 0.000000652. The third kappa shape index (κ3) is 11.7. The van der Waals surface area contributed by atoms with Crippen LogP contribution in [0.25, 0.3) is 5.57 Å². The van der Waals surface area contributed by atoms with Crippen LogP contribution in [0.4, 0.5) is 19.0 Å². The van der Waals surface area contributed by atoms with E-state index >= 15 is 0 Å². The Bertz CT molecular complexity index is 910. The van der Waals surface area contributed by atoms with Crippen molar-refractivity contribution in [1.82, 2.24) is 14.8 Å². The molecule has 0 saturated heterocycles. The number of nitrogens with two attached hydrogens (primary N) is 1. The van der Waals surface area contributed by atoms with Gasteiger partial charge in [-0.1, -0.05) is 40.3 Å². The number of anilines is 1. The Morgan fingerprint density at radius 2 is 1.83 bits per heavy atom. The molecule has 0 fully saturated rings. The third-order valence-corrected chi connectivity index (χ3v) is 5.02. The molecule has 0 bridgehead atoms. The number of aromatic nitrogens is 3. The molecule has 196 valence electrons. The van der Waals surface area contributed by atoms with Crippen molar-refractivity contribution in [2.75, 3.05) is 5.73 Å². The quantitative estimate of drug-likeness (QED) is 0.208. The molecular weight excluding hydrogens is 678 g/mol. The molecule has 0 aromatic carbocycles. The molecule has 0 spiro atoms.